The summed E-state index contributed by atoms with van der Waals surface area (Å²) in [6.45, 7) is 3.78. The van der Waals surface area contributed by atoms with Gasteiger partial charge in [-0.1, -0.05) is 0 Å². The van der Waals surface area contributed by atoms with Crippen LogP contribution in [-0.4, -0.2) is 56.2 Å². The number of nitrogens with zero attached hydrogens (tertiary/aromatic N) is 1. The van der Waals surface area contributed by atoms with Crippen LogP contribution in [0.2, 0.25) is 0 Å². The molecule has 1 amide bonds. The highest BCUT2D eigenvalue weighted by molar-refractivity contribution is 7.85. The average molecular weight is 343 g/mol. The van der Waals surface area contributed by atoms with E-state index in [1.807, 2.05) is 13.8 Å². The molecule has 2 aliphatic rings. The largest absolute Gasteiger partial charge is 0.347 e. The number of hydrogen-bond acceptors (Lipinski definition) is 6. The third-order valence-electron chi connectivity index (χ3n) is 3.73. The number of carbonyl (C=O) groups excluding carboxylic acids is 2. The van der Waals surface area contributed by atoms with Gasteiger partial charge in [-0.3, -0.25) is 13.8 Å². The van der Waals surface area contributed by atoms with Crippen molar-refractivity contribution in [2.75, 3.05) is 19.5 Å². The lowest BCUT2D eigenvalue weighted by atomic mass is 9.94. The first-order valence-corrected chi connectivity index (χ1v) is 9.20. The molecule has 0 bridgehead atoms. The van der Waals surface area contributed by atoms with Gasteiger partial charge < -0.3 is 9.64 Å². The Labute approximate surface area is 136 Å². The summed E-state index contributed by atoms with van der Waals surface area (Å²) in [5.41, 5.74) is -1.05. The molecule has 23 heavy (non-hydrogen) atoms. The summed E-state index contributed by atoms with van der Waals surface area (Å²) in [5, 5.41) is 0. The van der Waals surface area contributed by atoms with Crippen molar-refractivity contribution in [3.05, 3.63) is 24.3 Å². The Kier molecular flexibility index (Phi) is 5.07. The molecule has 0 aromatic heterocycles. The molecule has 1 atom stereocenters. The molecular weight excluding hydrogens is 322 g/mol. The predicted molar refractivity (Wildman–Crippen MR) is 82.9 cm³/mol. The normalized spacial score (nSPS) is 24.0. The van der Waals surface area contributed by atoms with Crippen molar-refractivity contribution in [1.29, 1.82) is 0 Å². The number of hydrogen-bond donors (Lipinski definition) is 0. The van der Waals surface area contributed by atoms with Crippen molar-refractivity contribution in [2.45, 2.75) is 32.0 Å². The van der Waals surface area contributed by atoms with E-state index in [1.54, 1.807) is 17.1 Å². The Morgan fingerprint density at radius 2 is 1.96 bits per heavy atom. The summed E-state index contributed by atoms with van der Waals surface area (Å²) < 4.78 is 32.6. The Bertz CT molecular complexity index is 633. The fourth-order valence-electron chi connectivity index (χ4n) is 2.72. The van der Waals surface area contributed by atoms with Crippen molar-refractivity contribution in [1.82, 2.24) is 4.90 Å². The van der Waals surface area contributed by atoms with Crippen molar-refractivity contribution in [2.24, 2.45) is 5.92 Å². The monoisotopic (exact) mass is 343 g/mol. The fraction of sp³-hybridized carbons (Fsp3) is 0.600. The van der Waals surface area contributed by atoms with E-state index in [0.717, 1.165) is 6.26 Å². The molecule has 8 heteroatoms. The summed E-state index contributed by atoms with van der Waals surface area (Å²) in [6.07, 6.45) is 7.15. The molecule has 1 unspecified atom stereocenters. The molecule has 2 rings (SSSR count). The van der Waals surface area contributed by atoms with Gasteiger partial charge in [0.05, 0.1) is 25.4 Å². The second-order valence-electron chi connectivity index (χ2n) is 5.95. The first-order chi connectivity index (χ1) is 10.6. The van der Waals surface area contributed by atoms with Crippen molar-refractivity contribution >= 4 is 21.8 Å². The number of rotatable bonds is 5. The maximum absolute atomic E-state index is 12.8. The van der Waals surface area contributed by atoms with Gasteiger partial charge in [-0.15, -0.1) is 0 Å². The van der Waals surface area contributed by atoms with Gasteiger partial charge in [0.15, 0.2) is 11.5 Å². The molecule has 128 valence electrons. The highest BCUT2D eigenvalue weighted by Gasteiger charge is 2.46. The number of ether oxygens (including phenoxy) is 1. The summed E-state index contributed by atoms with van der Waals surface area (Å²) >= 11 is 0. The van der Waals surface area contributed by atoms with Crippen LogP contribution < -0.4 is 0 Å². The molecule has 1 spiro atoms. The van der Waals surface area contributed by atoms with Gasteiger partial charge in [0, 0.05) is 6.04 Å². The van der Waals surface area contributed by atoms with Crippen LogP contribution in [0.15, 0.2) is 24.3 Å². The number of ketones is 1. The van der Waals surface area contributed by atoms with E-state index in [-0.39, 0.29) is 37.4 Å². The Morgan fingerprint density at radius 3 is 2.48 bits per heavy atom. The number of carbonyl (C=O) groups is 2. The van der Waals surface area contributed by atoms with Gasteiger partial charge in [0.1, 0.15) is 0 Å². The van der Waals surface area contributed by atoms with Crippen LogP contribution in [-0.2, 0) is 28.6 Å². The molecule has 1 heterocycles. The SMILES string of the molecule is CC(C)N1C(=O)C(CCOS(C)(=O)=O)COC12C=CC(=O)C=C2. The molecule has 0 N–H and O–H groups in total. The van der Waals surface area contributed by atoms with Crippen LogP contribution >= 0.6 is 0 Å². The van der Waals surface area contributed by atoms with Gasteiger partial charge in [-0.25, -0.2) is 0 Å². The topological polar surface area (TPSA) is 90.0 Å². The third-order valence-corrected chi connectivity index (χ3v) is 4.33. The van der Waals surface area contributed by atoms with Gasteiger partial charge >= 0.3 is 0 Å². The quantitative estimate of drug-likeness (QED) is 0.680. The minimum Gasteiger partial charge on any atom is -0.347 e. The number of allylic oxidation sites excluding steroid dienone is 2. The maximum Gasteiger partial charge on any atom is 0.264 e. The molecule has 1 aliphatic carbocycles. The van der Waals surface area contributed by atoms with Crippen LogP contribution in [0.1, 0.15) is 20.3 Å². The molecule has 0 saturated carbocycles. The van der Waals surface area contributed by atoms with E-state index >= 15 is 0 Å². The van der Waals surface area contributed by atoms with E-state index in [1.165, 1.54) is 12.2 Å². The first kappa shape index (κ1) is 17.8. The fourth-order valence-corrected chi connectivity index (χ4v) is 3.12. The van der Waals surface area contributed by atoms with E-state index in [0.29, 0.717) is 0 Å². The summed E-state index contributed by atoms with van der Waals surface area (Å²) in [7, 11) is -3.53. The molecule has 0 radical (unpaired) electrons. The molecule has 0 aromatic carbocycles. The Hall–Kier alpha value is -1.51. The van der Waals surface area contributed by atoms with Crippen molar-refractivity contribution < 1.29 is 26.9 Å². The molecule has 0 aromatic rings. The lowest BCUT2D eigenvalue weighted by Crippen LogP contribution is -2.61. The Morgan fingerprint density at radius 1 is 1.35 bits per heavy atom. The second kappa shape index (κ2) is 6.54. The third kappa shape index (κ3) is 4.07. The molecule has 7 nitrogen and oxygen atoms in total. The maximum atomic E-state index is 12.8. The van der Waals surface area contributed by atoms with E-state index in [9.17, 15) is 18.0 Å². The minimum atomic E-state index is -3.53. The molecule has 1 fully saturated rings. The molecular formula is C15H21NO6S. The summed E-state index contributed by atoms with van der Waals surface area (Å²) in [6, 6.07) is -0.149. The first-order valence-electron chi connectivity index (χ1n) is 7.38. The number of amides is 1. The zero-order chi connectivity index (χ0) is 17.3. The van der Waals surface area contributed by atoms with Gasteiger partial charge in [0.2, 0.25) is 5.91 Å². The molecule has 1 saturated heterocycles. The van der Waals surface area contributed by atoms with E-state index in [2.05, 4.69) is 0 Å². The molecule has 1 aliphatic heterocycles. The van der Waals surface area contributed by atoms with E-state index < -0.39 is 21.8 Å². The zero-order valence-electron chi connectivity index (χ0n) is 13.4. The van der Waals surface area contributed by atoms with Crippen LogP contribution in [0.25, 0.3) is 0 Å². The van der Waals surface area contributed by atoms with Crippen molar-refractivity contribution in [3.63, 3.8) is 0 Å². The van der Waals surface area contributed by atoms with Gasteiger partial charge in [0.25, 0.3) is 10.1 Å². The van der Waals surface area contributed by atoms with Crippen molar-refractivity contribution in [3.8, 4) is 0 Å². The summed E-state index contributed by atoms with van der Waals surface area (Å²) in [4.78, 5) is 25.7. The zero-order valence-corrected chi connectivity index (χ0v) is 14.2. The van der Waals surface area contributed by atoms with Crippen LogP contribution in [0.3, 0.4) is 0 Å². The Balaban J connectivity index is 2.13. The average Bonchev–Trinajstić information content (AvgIpc) is 2.43. The highest BCUT2D eigenvalue weighted by atomic mass is 32.2. The highest BCUT2D eigenvalue weighted by Crippen LogP contribution is 2.33. The van der Waals surface area contributed by atoms with Crippen LogP contribution in [0, 0.1) is 5.92 Å². The van der Waals surface area contributed by atoms with Crippen LogP contribution in [0.5, 0.6) is 0 Å². The lowest BCUT2D eigenvalue weighted by Gasteiger charge is -2.48. The van der Waals surface area contributed by atoms with E-state index in [4.69, 9.17) is 8.92 Å². The smallest absolute Gasteiger partial charge is 0.264 e. The predicted octanol–water partition coefficient (Wildman–Crippen LogP) is 0.628. The minimum absolute atomic E-state index is 0.0678. The standard InChI is InChI=1S/C15H21NO6S/c1-11(2)16-14(18)12(6-9-22-23(3,19)20)10-21-15(16)7-4-13(17)5-8-15/h4-5,7-8,11-12H,6,9-10H2,1-3H3. The summed E-state index contributed by atoms with van der Waals surface area (Å²) in [5.74, 6) is -0.782. The van der Waals surface area contributed by atoms with Crippen LogP contribution in [0.4, 0.5) is 0 Å². The lowest BCUT2D eigenvalue weighted by molar-refractivity contribution is -0.186. The second-order valence-corrected chi connectivity index (χ2v) is 7.59. The van der Waals surface area contributed by atoms with Gasteiger partial charge in [-0.05, 0) is 44.6 Å². The van der Waals surface area contributed by atoms with Gasteiger partial charge in [-0.2, -0.15) is 8.42 Å².